The lowest BCUT2D eigenvalue weighted by atomic mass is 10.0. The Morgan fingerprint density at radius 2 is 1.78 bits per heavy atom. The summed E-state index contributed by atoms with van der Waals surface area (Å²) in [6.07, 6.45) is 3.90. The van der Waals surface area contributed by atoms with Crippen molar-refractivity contribution in [3.05, 3.63) is 99.9 Å². The average Bonchev–Trinajstić information content (AvgIpc) is 3.05. The zero-order valence-corrected chi connectivity index (χ0v) is 17.6. The van der Waals surface area contributed by atoms with Crippen LogP contribution in [0.4, 0.5) is 0 Å². The molecule has 7 heteroatoms. The van der Waals surface area contributed by atoms with E-state index in [4.69, 9.17) is 5.11 Å². The van der Waals surface area contributed by atoms with Gasteiger partial charge in [0.1, 0.15) is 5.69 Å². The van der Waals surface area contributed by atoms with Crippen LogP contribution in [0.15, 0.2) is 71.8 Å². The molecule has 0 bridgehead atoms. The Morgan fingerprint density at radius 1 is 1.00 bits per heavy atom. The van der Waals surface area contributed by atoms with Crippen LogP contribution < -0.4 is 5.69 Å². The van der Waals surface area contributed by atoms with Crippen molar-refractivity contribution in [1.82, 2.24) is 19.1 Å². The lowest BCUT2D eigenvalue weighted by Crippen LogP contribution is -2.21. The SMILES string of the molecule is Cc1ccccc1-n1c(=O)n(C)c2cnc3ccc(Cc4ccc(C(=O)O)nc4)cc3c21. The maximum absolute atomic E-state index is 13.2. The predicted octanol–water partition coefficient (Wildman–Crippen LogP) is 3.87. The summed E-state index contributed by atoms with van der Waals surface area (Å²) in [6.45, 7) is 1.99. The van der Waals surface area contributed by atoms with Crippen molar-refractivity contribution in [2.75, 3.05) is 0 Å². The smallest absolute Gasteiger partial charge is 0.354 e. The summed E-state index contributed by atoms with van der Waals surface area (Å²) >= 11 is 0. The molecular weight excluding hydrogens is 404 g/mol. The highest BCUT2D eigenvalue weighted by Gasteiger charge is 2.17. The zero-order valence-electron chi connectivity index (χ0n) is 17.6. The molecule has 32 heavy (non-hydrogen) atoms. The van der Waals surface area contributed by atoms with Gasteiger partial charge >= 0.3 is 11.7 Å². The average molecular weight is 424 g/mol. The van der Waals surface area contributed by atoms with Gasteiger partial charge in [-0.3, -0.25) is 14.1 Å². The first kappa shape index (κ1) is 19.7. The van der Waals surface area contributed by atoms with Crippen molar-refractivity contribution in [1.29, 1.82) is 0 Å². The minimum absolute atomic E-state index is 0.0182. The van der Waals surface area contributed by atoms with Gasteiger partial charge in [0.15, 0.2) is 0 Å². The van der Waals surface area contributed by atoms with Crippen molar-refractivity contribution < 1.29 is 9.90 Å². The lowest BCUT2D eigenvalue weighted by molar-refractivity contribution is 0.0690. The molecule has 7 nitrogen and oxygen atoms in total. The summed E-state index contributed by atoms with van der Waals surface area (Å²) in [6, 6.07) is 17.1. The van der Waals surface area contributed by atoms with Crippen LogP contribution in [0.25, 0.3) is 27.6 Å². The molecule has 0 amide bonds. The van der Waals surface area contributed by atoms with E-state index in [0.717, 1.165) is 44.3 Å². The molecule has 0 spiro atoms. The number of rotatable bonds is 4. The van der Waals surface area contributed by atoms with Crippen LogP contribution in [0.5, 0.6) is 0 Å². The molecule has 0 atom stereocenters. The number of carboxylic acid groups (broad SMARTS) is 1. The molecule has 0 fully saturated rings. The van der Waals surface area contributed by atoms with Crippen molar-refractivity contribution in [3.63, 3.8) is 0 Å². The van der Waals surface area contributed by atoms with Crippen molar-refractivity contribution in [2.45, 2.75) is 13.3 Å². The van der Waals surface area contributed by atoms with Crippen LogP contribution in [0.3, 0.4) is 0 Å². The van der Waals surface area contributed by atoms with Gasteiger partial charge in [-0.05, 0) is 54.3 Å². The number of aromatic nitrogens is 4. The van der Waals surface area contributed by atoms with Gasteiger partial charge in [0.25, 0.3) is 0 Å². The highest BCUT2D eigenvalue weighted by atomic mass is 16.4. The number of pyridine rings is 2. The zero-order chi connectivity index (χ0) is 22.4. The number of benzene rings is 2. The molecule has 5 rings (SSSR count). The van der Waals surface area contributed by atoms with E-state index >= 15 is 0 Å². The number of imidazole rings is 1. The Bertz CT molecular complexity index is 1560. The third-order valence-electron chi connectivity index (χ3n) is 5.76. The number of nitrogens with zero attached hydrogens (tertiary/aromatic N) is 4. The number of aryl methyl sites for hydroxylation is 2. The molecule has 0 aliphatic heterocycles. The van der Waals surface area contributed by atoms with Crippen LogP contribution in [-0.4, -0.2) is 30.2 Å². The normalized spacial score (nSPS) is 11.3. The van der Waals surface area contributed by atoms with Gasteiger partial charge in [0, 0.05) is 18.6 Å². The van der Waals surface area contributed by atoms with E-state index in [1.165, 1.54) is 6.07 Å². The minimum Gasteiger partial charge on any atom is -0.477 e. The number of para-hydroxylation sites is 1. The van der Waals surface area contributed by atoms with Crippen LogP contribution in [0.2, 0.25) is 0 Å². The van der Waals surface area contributed by atoms with Gasteiger partial charge in [0.2, 0.25) is 0 Å². The van der Waals surface area contributed by atoms with Gasteiger partial charge in [-0.25, -0.2) is 14.6 Å². The quantitative estimate of drug-likeness (QED) is 0.473. The largest absolute Gasteiger partial charge is 0.477 e. The molecule has 0 aliphatic carbocycles. The first-order valence-corrected chi connectivity index (χ1v) is 10.2. The summed E-state index contributed by atoms with van der Waals surface area (Å²) in [7, 11) is 1.76. The maximum atomic E-state index is 13.2. The fourth-order valence-corrected chi connectivity index (χ4v) is 4.08. The van der Waals surface area contributed by atoms with E-state index in [9.17, 15) is 9.59 Å². The number of carbonyl (C=O) groups is 1. The Hall–Kier alpha value is -4.26. The second-order valence-electron chi connectivity index (χ2n) is 7.84. The van der Waals surface area contributed by atoms with Gasteiger partial charge in [-0.2, -0.15) is 0 Å². The Kier molecular flexibility index (Phi) is 4.59. The van der Waals surface area contributed by atoms with E-state index in [1.807, 2.05) is 49.4 Å². The van der Waals surface area contributed by atoms with Gasteiger partial charge < -0.3 is 5.11 Å². The number of hydrogen-bond donors (Lipinski definition) is 1. The Balaban J connectivity index is 1.70. The molecule has 158 valence electrons. The fourth-order valence-electron chi connectivity index (χ4n) is 4.08. The van der Waals surface area contributed by atoms with Crippen LogP contribution >= 0.6 is 0 Å². The van der Waals surface area contributed by atoms with E-state index in [-0.39, 0.29) is 11.4 Å². The molecule has 5 aromatic rings. The number of aromatic carboxylic acids is 1. The van der Waals surface area contributed by atoms with Gasteiger partial charge in [-0.1, -0.05) is 30.3 Å². The molecule has 0 saturated carbocycles. The monoisotopic (exact) mass is 424 g/mol. The summed E-state index contributed by atoms with van der Waals surface area (Å²) in [4.78, 5) is 32.8. The van der Waals surface area contributed by atoms with Crippen molar-refractivity contribution >= 4 is 27.9 Å². The molecular formula is C25H20N4O3. The molecule has 2 aromatic carbocycles. The predicted molar refractivity (Wildman–Crippen MR) is 123 cm³/mol. The number of hydrogen-bond acceptors (Lipinski definition) is 4. The third kappa shape index (κ3) is 3.15. The lowest BCUT2D eigenvalue weighted by Gasteiger charge is -2.10. The maximum Gasteiger partial charge on any atom is 0.354 e. The Morgan fingerprint density at radius 3 is 2.50 bits per heavy atom. The van der Waals surface area contributed by atoms with Gasteiger partial charge in [0.05, 0.1) is 28.4 Å². The highest BCUT2D eigenvalue weighted by molar-refractivity contribution is 6.03. The van der Waals surface area contributed by atoms with Crippen molar-refractivity contribution in [2.24, 2.45) is 7.05 Å². The Labute approximate surface area is 183 Å². The van der Waals surface area contributed by atoms with E-state index in [2.05, 4.69) is 9.97 Å². The summed E-state index contributed by atoms with van der Waals surface area (Å²) in [5, 5.41) is 9.93. The first-order chi connectivity index (χ1) is 15.4. The van der Waals surface area contributed by atoms with Gasteiger partial charge in [-0.15, -0.1) is 0 Å². The van der Waals surface area contributed by atoms with Crippen LogP contribution in [-0.2, 0) is 13.5 Å². The molecule has 0 unspecified atom stereocenters. The topological polar surface area (TPSA) is 90.0 Å². The van der Waals surface area contributed by atoms with Crippen molar-refractivity contribution in [3.8, 4) is 5.69 Å². The standard InChI is InChI=1S/C25H20N4O3/c1-15-5-3-4-6-21(15)29-23-18-12-16(11-17-8-10-20(24(30)31)26-13-17)7-9-19(18)27-14-22(23)28(2)25(29)32/h3-10,12-14H,11H2,1-2H3,(H,30,31). The summed E-state index contributed by atoms with van der Waals surface area (Å²) in [5.41, 5.74) is 6.04. The van der Waals surface area contributed by atoms with E-state index < -0.39 is 5.97 Å². The number of fused-ring (bicyclic) bond motifs is 3. The minimum atomic E-state index is -1.05. The van der Waals surface area contributed by atoms with E-state index in [1.54, 1.807) is 34.6 Å². The molecule has 3 heterocycles. The fraction of sp³-hybridized carbons (Fsp3) is 0.120. The molecule has 0 saturated heterocycles. The second-order valence-corrected chi connectivity index (χ2v) is 7.84. The summed E-state index contributed by atoms with van der Waals surface area (Å²) in [5.74, 6) is -1.05. The third-order valence-corrected chi connectivity index (χ3v) is 5.76. The van der Waals surface area contributed by atoms with Crippen LogP contribution in [0.1, 0.15) is 27.2 Å². The molecule has 1 N–H and O–H groups in total. The molecule has 0 radical (unpaired) electrons. The van der Waals surface area contributed by atoms with Crippen LogP contribution in [0, 0.1) is 6.92 Å². The number of carboxylic acids is 1. The summed E-state index contributed by atoms with van der Waals surface area (Å²) < 4.78 is 3.37. The van der Waals surface area contributed by atoms with E-state index in [0.29, 0.717) is 6.42 Å². The first-order valence-electron chi connectivity index (χ1n) is 10.2. The molecule has 3 aromatic heterocycles. The molecule has 0 aliphatic rings. The second kappa shape index (κ2) is 7.46. The highest BCUT2D eigenvalue weighted by Crippen LogP contribution is 2.27.